The van der Waals surface area contributed by atoms with E-state index < -0.39 is 0 Å². The van der Waals surface area contributed by atoms with Gasteiger partial charge in [-0.1, -0.05) is 62.8 Å². The van der Waals surface area contributed by atoms with Gasteiger partial charge >= 0.3 is 0 Å². The largest absolute Gasteiger partial charge is 0.486 e. The van der Waals surface area contributed by atoms with E-state index in [2.05, 4.69) is 49.7 Å². The number of aromatic nitrogens is 3. The molecule has 0 aliphatic carbocycles. The van der Waals surface area contributed by atoms with Gasteiger partial charge in [0.05, 0.1) is 0 Å². The summed E-state index contributed by atoms with van der Waals surface area (Å²) >= 11 is 7.11. The van der Waals surface area contributed by atoms with E-state index in [1.54, 1.807) is 0 Å². The summed E-state index contributed by atoms with van der Waals surface area (Å²) in [4.78, 5) is 0. The standard InChI is InChI=1S/C16H21ClN4OS/c1-11(17)10-23-15-20-19-14(21(15)18)9-22-13-7-5-12(6-8-13)16(2,3)4/h5-8H,1,9-10,18H2,2-4H3. The van der Waals surface area contributed by atoms with Crippen LogP contribution in [0, 0.1) is 0 Å². The first-order chi connectivity index (χ1) is 10.8. The minimum Gasteiger partial charge on any atom is -0.486 e. The van der Waals surface area contributed by atoms with Crippen molar-refractivity contribution in [1.29, 1.82) is 0 Å². The molecule has 7 heteroatoms. The van der Waals surface area contributed by atoms with Crippen LogP contribution in [0.1, 0.15) is 32.2 Å². The van der Waals surface area contributed by atoms with Crippen molar-refractivity contribution in [3.63, 3.8) is 0 Å². The van der Waals surface area contributed by atoms with Gasteiger partial charge in [-0.05, 0) is 23.1 Å². The summed E-state index contributed by atoms with van der Waals surface area (Å²) in [6, 6.07) is 8.03. The number of nitrogen functional groups attached to an aromatic ring is 1. The quantitative estimate of drug-likeness (QED) is 0.634. The minimum atomic E-state index is 0.120. The molecule has 2 N–H and O–H groups in total. The molecule has 0 bridgehead atoms. The molecule has 0 aliphatic rings. The number of hydrogen-bond acceptors (Lipinski definition) is 5. The van der Waals surface area contributed by atoms with E-state index in [1.165, 1.54) is 22.0 Å². The van der Waals surface area contributed by atoms with Crippen LogP contribution in [0.2, 0.25) is 0 Å². The van der Waals surface area contributed by atoms with Gasteiger partial charge in [-0.3, -0.25) is 0 Å². The number of thioether (sulfide) groups is 1. The Balaban J connectivity index is 1.97. The fourth-order valence-electron chi connectivity index (χ4n) is 1.85. The molecule has 124 valence electrons. The van der Waals surface area contributed by atoms with Crippen LogP contribution in [0.3, 0.4) is 0 Å². The topological polar surface area (TPSA) is 66.0 Å². The number of ether oxygens (including phenoxy) is 1. The second-order valence-electron chi connectivity index (χ2n) is 6.14. The minimum absolute atomic E-state index is 0.120. The first kappa shape index (κ1) is 17.7. The lowest BCUT2D eigenvalue weighted by molar-refractivity contribution is 0.291. The van der Waals surface area contributed by atoms with Gasteiger partial charge in [-0.25, -0.2) is 4.68 Å². The van der Waals surface area contributed by atoms with Gasteiger partial charge in [-0.2, -0.15) is 0 Å². The van der Waals surface area contributed by atoms with Crippen LogP contribution in [0.5, 0.6) is 5.75 Å². The molecule has 0 saturated carbocycles. The van der Waals surface area contributed by atoms with Crippen molar-refractivity contribution in [2.24, 2.45) is 0 Å². The van der Waals surface area contributed by atoms with Crippen molar-refractivity contribution in [1.82, 2.24) is 14.9 Å². The third-order valence-corrected chi connectivity index (χ3v) is 4.50. The SMILES string of the molecule is C=C(Cl)CSc1nnc(COc2ccc(C(C)(C)C)cc2)n1N. The molecular formula is C16H21ClN4OS. The first-order valence-electron chi connectivity index (χ1n) is 7.16. The summed E-state index contributed by atoms with van der Waals surface area (Å²) in [5, 5.41) is 9.17. The highest BCUT2D eigenvalue weighted by Gasteiger charge is 2.14. The molecule has 0 aliphatic heterocycles. The molecular weight excluding hydrogens is 332 g/mol. The zero-order valence-corrected chi connectivity index (χ0v) is 15.1. The number of hydrogen-bond donors (Lipinski definition) is 1. The summed E-state index contributed by atoms with van der Waals surface area (Å²) in [6.45, 7) is 10.4. The Labute approximate surface area is 145 Å². The van der Waals surface area contributed by atoms with Crippen molar-refractivity contribution < 1.29 is 4.74 Å². The summed E-state index contributed by atoms with van der Waals surface area (Å²) in [6.07, 6.45) is 0. The van der Waals surface area contributed by atoms with Crippen molar-refractivity contribution >= 4 is 23.4 Å². The summed E-state index contributed by atoms with van der Waals surface area (Å²) in [7, 11) is 0. The number of rotatable bonds is 6. The van der Waals surface area contributed by atoms with E-state index in [0.29, 0.717) is 21.8 Å². The molecule has 0 radical (unpaired) electrons. The van der Waals surface area contributed by atoms with Gasteiger partial charge in [0, 0.05) is 10.8 Å². The Morgan fingerprint density at radius 1 is 1.30 bits per heavy atom. The zero-order valence-electron chi connectivity index (χ0n) is 13.5. The lowest BCUT2D eigenvalue weighted by Gasteiger charge is -2.19. The molecule has 2 rings (SSSR count). The molecule has 0 spiro atoms. The summed E-state index contributed by atoms with van der Waals surface area (Å²) in [5.74, 6) is 7.80. The second kappa shape index (κ2) is 7.27. The maximum absolute atomic E-state index is 5.95. The lowest BCUT2D eigenvalue weighted by Crippen LogP contribution is -2.16. The van der Waals surface area contributed by atoms with Crippen molar-refractivity contribution in [3.05, 3.63) is 47.3 Å². The molecule has 1 heterocycles. The van der Waals surface area contributed by atoms with Crippen LogP contribution in [-0.4, -0.2) is 20.6 Å². The van der Waals surface area contributed by atoms with Gasteiger partial charge in [0.15, 0.2) is 5.82 Å². The molecule has 0 fully saturated rings. The maximum Gasteiger partial charge on any atom is 0.210 e. The number of nitrogens with two attached hydrogens (primary N) is 1. The van der Waals surface area contributed by atoms with E-state index in [4.69, 9.17) is 22.2 Å². The van der Waals surface area contributed by atoms with Crippen LogP contribution < -0.4 is 10.6 Å². The van der Waals surface area contributed by atoms with Gasteiger partial charge in [0.25, 0.3) is 0 Å². The van der Waals surface area contributed by atoms with Crippen LogP contribution in [0.15, 0.2) is 41.0 Å². The highest BCUT2D eigenvalue weighted by molar-refractivity contribution is 7.99. The highest BCUT2D eigenvalue weighted by Crippen LogP contribution is 2.25. The number of benzene rings is 1. The molecule has 0 atom stereocenters. The molecule has 0 saturated heterocycles. The van der Waals surface area contributed by atoms with Crippen LogP contribution >= 0.6 is 23.4 Å². The first-order valence-corrected chi connectivity index (χ1v) is 8.52. The van der Waals surface area contributed by atoms with E-state index >= 15 is 0 Å². The summed E-state index contributed by atoms with van der Waals surface area (Å²) in [5.41, 5.74) is 1.38. The third kappa shape index (κ3) is 4.91. The van der Waals surface area contributed by atoms with Crippen LogP contribution in [0.25, 0.3) is 0 Å². The number of halogens is 1. The van der Waals surface area contributed by atoms with Crippen molar-refractivity contribution in [2.45, 2.75) is 37.9 Å². The summed E-state index contributed by atoms with van der Waals surface area (Å²) < 4.78 is 7.13. The van der Waals surface area contributed by atoms with Crippen molar-refractivity contribution in [2.75, 3.05) is 11.6 Å². The van der Waals surface area contributed by atoms with E-state index in [9.17, 15) is 0 Å². The van der Waals surface area contributed by atoms with Gasteiger partial charge in [-0.15, -0.1) is 10.2 Å². The Morgan fingerprint density at radius 3 is 2.52 bits per heavy atom. The molecule has 5 nitrogen and oxygen atoms in total. The molecule has 2 aromatic rings. The maximum atomic E-state index is 5.95. The number of nitrogens with zero attached hydrogens (tertiary/aromatic N) is 3. The highest BCUT2D eigenvalue weighted by atomic mass is 35.5. The Hall–Kier alpha value is -1.66. The van der Waals surface area contributed by atoms with E-state index in [0.717, 1.165) is 5.75 Å². The van der Waals surface area contributed by atoms with Crippen LogP contribution in [-0.2, 0) is 12.0 Å². The molecule has 1 aromatic carbocycles. The third-order valence-electron chi connectivity index (χ3n) is 3.18. The normalized spacial score (nSPS) is 11.5. The van der Waals surface area contributed by atoms with Crippen LogP contribution in [0.4, 0.5) is 0 Å². The predicted octanol–water partition coefficient (Wildman–Crippen LogP) is 3.71. The van der Waals surface area contributed by atoms with Gasteiger partial charge in [0.2, 0.25) is 5.16 Å². The average molecular weight is 353 g/mol. The lowest BCUT2D eigenvalue weighted by atomic mass is 9.87. The average Bonchev–Trinajstić information content (AvgIpc) is 2.83. The fraction of sp³-hybridized carbons (Fsp3) is 0.375. The molecule has 0 unspecified atom stereocenters. The van der Waals surface area contributed by atoms with Gasteiger partial charge in [0.1, 0.15) is 12.4 Å². The van der Waals surface area contributed by atoms with E-state index in [1.807, 2.05) is 12.1 Å². The Morgan fingerprint density at radius 2 is 1.96 bits per heavy atom. The zero-order chi connectivity index (χ0) is 17.0. The predicted molar refractivity (Wildman–Crippen MR) is 95.4 cm³/mol. The Bertz CT molecular complexity index is 676. The fourth-order valence-corrected chi connectivity index (χ4v) is 2.64. The Kier molecular flexibility index (Phi) is 5.59. The molecule has 0 amide bonds. The van der Waals surface area contributed by atoms with Crippen molar-refractivity contribution in [3.8, 4) is 5.75 Å². The van der Waals surface area contributed by atoms with E-state index in [-0.39, 0.29) is 12.0 Å². The second-order valence-corrected chi connectivity index (χ2v) is 7.61. The monoisotopic (exact) mass is 352 g/mol. The molecule has 23 heavy (non-hydrogen) atoms. The van der Waals surface area contributed by atoms with Gasteiger partial charge < -0.3 is 10.6 Å². The smallest absolute Gasteiger partial charge is 0.210 e. The molecule has 1 aromatic heterocycles.